The second-order valence-corrected chi connectivity index (χ2v) is 5.41. The summed E-state index contributed by atoms with van der Waals surface area (Å²) in [4.78, 5) is 12.3. The summed E-state index contributed by atoms with van der Waals surface area (Å²) in [5.74, 6) is 0.127. The Balaban J connectivity index is 2.08. The van der Waals surface area contributed by atoms with Crippen LogP contribution in [0.4, 0.5) is 5.69 Å². The van der Waals surface area contributed by atoms with Gasteiger partial charge in [-0.2, -0.15) is 0 Å². The van der Waals surface area contributed by atoms with E-state index in [-0.39, 0.29) is 5.78 Å². The molecular formula is C18H21NO. The predicted octanol–water partition coefficient (Wildman–Crippen LogP) is 4.22. The molecule has 2 rings (SSSR count). The van der Waals surface area contributed by atoms with Gasteiger partial charge >= 0.3 is 0 Å². The van der Waals surface area contributed by atoms with E-state index in [2.05, 4.69) is 31.3 Å². The lowest BCUT2D eigenvalue weighted by molar-refractivity contribution is 0.101. The molecule has 0 atom stereocenters. The highest BCUT2D eigenvalue weighted by molar-refractivity contribution is 6.00. The first-order chi connectivity index (χ1) is 9.47. The van der Waals surface area contributed by atoms with Crippen molar-refractivity contribution in [2.45, 2.75) is 27.7 Å². The van der Waals surface area contributed by atoms with Gasteiger partial charge in [-0.05, 0) is 44.9 Å². The molecule has 104 valence electrons. The van der Waals surface area contributed by atoms with E-state index in [4.69, 9.17) is 0 Å². The van der Waals surface area contributed by atoms with Gasteiger partial charge in [0.05, 0.1) is 6.54 Å². The highest BCUT2D eigenvalue weighted by Gasteiger charge is 2.09. The Kier molecular flexibility index (Phi) is 4.23. The minimum Gasteiger partial charge on any atom is -0.377 e. The molecule has 0 amide bonds. The zero-order valence-electron chi connectivity index (χ0n) is 12.6. The number of anilines is 1. The lowest BCUT2D eigenvalue weighted by Gasteiger charge is -2.11. The van der Waals surface area contributed by atoms with Gasteiger partial charge in [0.1, 0.15) is 0 Å². The molecular weight excluding hydrogens is 246 g/mol. The summed E-state index contributed by atoms with van der Waals surface area (Å²) in [5.41, 5.74) is 6.44. The van der Waals surface area contributed by atoms with Crippen LogP contribution in [0, 0.1) is 27.7 Å². The van der Waals surface area contributed by atoms with Crippen LogP contribution in [0.2, 0.25) is 0 Å². The third-order valence-electron chi connectivity index (χ3n) is 3.50. The van der Waals surface area contributed by atoms with Gasteiger partial charge < -0.3 is 5.32 Å². The summed E-state index contributed by atoms with van der Waals surface area (Å²) in [6.07, 6.45) is 0. The van der Waals surface area contributed by atoms with Crippen LogP contribution in [0.25, 0.3) is 0 Å². The Labute approximate surface area is 120 Å². The molecule has 0 aliphatic carbocycles. The van der Waals surface area contributed by atoms with Gasteiger partial charge in [0.2, 0.25) is 0 Å². The fraction of sp³-hybridized carbons (Fsp3) is 0.278. The van der Waals surface area contributed by atoms with Crippen molar-refractivity contribution in [2.24, 2.45) is 0 Å². The van der Waals surface area contributed by atoms with E-state index in [1.165, 1.54) is 16.7 Å². The first kappa shape index (κ1) is 14.3. The molecule has 0 saturated carbocycles. The standard InChI is InChI=1S/C18H21NO/c1-12-5-7-16(14(3)9-12)18(20)11-19-17-8-6-13(2)10-15(17)4/h5-10,19H,11H2,1-4H3. The molecule has 0 unspecified atom stereocenters. The van der Waals surface area contributed by atoms with Crippen molar-refractivity contribution in [3.05, 3.63) is 64.2 Å². The van der Waals surface area contributed by atoms with Crippen LogP contribution < -0.4 is 5.32 Å². The van der Waals surface area contributed by atoms with Gasteiger partial charge in [-0.25, -0.2) is 0 Å². The monoisotopic (exact) mass is 267 g/mol. The van der Waals surface area contributed by atoms with Crippen LogP contribution in [0.3, 0.4) is 0 Å². The van der Waals surface area contributed by atoms with Crippen molar-refractivity contribution >= 4 is 11.5 Å². The average Bonchev–Trinajstić information content (AvgIpc) is 2.37. The fourth-order valence-corrected chi connectivity index (χ4v) is 2.41. The first-order valence-electron chi connectivity index (χ1n) is 6.89. The van der Waals surface area contributed by atoms with E-state index in [1.54, 1.807) is 0 Å². The Morgan fingerprint density at radius 2 is 1.50 bits per heavy atom. The molecule has 0 spiro atoms. The van der Waals surface area contributed by atoms with Crippen LogP contribution in [0.15, 0.2) is 36.4 Å². The maximum absolute atomic E-state index is 12.3. The first-order valence-corrected chi connectivity index (χ1v) is 6.89. The van der Waals surface area contributed by atoms with Crippen LogP contribution in [0.5, 0.6) is 0 Å². The van der Waals surface area contributed by atoms with E-state index in [0.29, 0.717) is 6.54 Å². The molecule has 2 aromatic rings. The number of benzene rings is 2. The third-order valence-corrected chi connectivity index (χ3v) is 3.50. The summed E-state index contributed by atoms with van der Waals surface area (Å²) in [7, 11) is 0. The minimum absolute atomic E-state index is 0.127. The molecule has 0 aromatic heterocycles. The Morgan fingerprint density at radius 3 is 2.10 bits per heavy atom. The molecule has 1 N–H and O–H groups in total. The maximum Gasteiger partial charge on any atom is 0.182 e. The van der Waals surface area contributed by atoms with Gasteiger partial charge in [-0.15, -0.1) is 0 Å². The third kappa shape index (κ3) is 3.27. The molecule has 0 fully saturated rings. The van der Waals surface area contributed by atoms with E-state index < -0.39 is 0 Å². The van der Waals surface area contributed by atoms with Gasteiger partial charge in [0.25, 0.3) is 0 Å². The number of rotatable bonds is 4. The van der Waals surface area contributed by atoms with Crippen molar-refractivity contribution in [3.8, 4) is 0 Å². The molecule has 2 heteroatoms. The Hall–Kier alpha value is -2.09. The smallest absolute Gasteiger partial charge is 0.182 e. The number of Topliss-reactive ketones (excluding diaryl/α,β-unsaturated/α-hetero) is 1. The predicted molar refractivity (Wildman–Crippen MR) is 84.7 cm³/mol. The van der Waals surface area contributed by atoms with Gasteiger partial charge in [0, 0.05) is 11.3 Å². The largest absolute Gasteiger partial charge is 0.377 e. The molecule has 0 aliphatic heterocycles. The topological polar surface area (TPSA) is 29.1 Å². The lowest BCUT2D eigenvalue weighted by Crippen LogP contribution is -2.15. The summed E-state index contributed by atoms with van der Waals surface area (Å²) in [5, 5.41) is 3.23. The zero-order valence-corrected chi connectivity index (χ0v) is 12.6. The summed E-state index contributed by atoms with van der Waals surface area (Å²) in [6.45, 7) is 8.47. The summed E-state index contributed by atoms with van der Waals surface area (Å²) >= 11 is 0. The van der Waals surface area contributed by atoms with Gasteiger partial charge in [-0.3, -0.25) is 4.79 Å². The number of ketones is 1. The molecule has 0 radical (unpaired) electrons. The van der Waals surface area contributed by atoms with Crippen molar-refractivity contribution in [1.82, 2.24) is 0 Å². The van der Waals surface area contributed by atoms with Crippen LogP contribution in [0.1, 0.15) is 32.6 Å². The SMILES string of the molecule is Cc1ccc(NCC(=O)c2ccc(C)cc2C)c(C)c1. The van der Waals surface area contributed by atoms with Gasteiger partial charge in [-0.1, -0.05) is 41.5 Å². The zero-order chi connectivity index (χ0) is 14.7. The molecule has 2 aromatic carbocycles. The Bertz CT molecular complexity index is 644. The fourth-order valence-electron chi connectivity index (χ4n) is 2.41. The maximum atomic E-state index is 12.3. The lowest BCUT2D eigenvalue weighted by atomic mass is 10.0. The highest BCUT2D eigenvalue weighted by Crippen LogP contribution is 2.17. The van der Waals surface area contributed by atoms with Crippen LogP contribution in [-0.4, -0.2) is 12.3 Å². The summed E-state index contributed by atoms with van der Waals surface area (Å²) in [6, 6.07) is 12.1. The molecule has 2 nitrogen and oxygen atoms in total. The van der Waals surface area contributed by atoms with Crippen LogP contribution in [-0.2, 0) is 0 Å². The number of carbonyl (C=O) groups excluding carboxylic acids is 1. The Morgan fingerprint density at radius 1 is 0.900 bits per heavy atom. The highest BCUT2D eigenvalue weighted by atomic mass is 16.1. The molecule has 0 saturated heterocycles. The second kappa shape index (κ2) is 5.91. The van der Waals surface area contributed by atoms with E-state index >= 15 is 0 Å². The quantitative estimate of drug-likeness (QED) is 0.840. The van der Waals surface area contributed by atoms with Crippen LogP contribution >= 0.6 is 0 Å². The average molecular weight is 267 g/mol. The van der Waals surface area contributed by atoms with Gasteiger partial charge in [0.15, 0.2) is 5.78 Å². The molecule has 20 heavy (non-hydrogen) atoms. The molecule has 0 bridgehead atoms. The number of carbonyl (C=O) groups is 1. The molecule has 0 aliphatic rings. The van der Waals surface area contributed by atoms with Crippen molar-refractivity contribution in [2.75, 3.05) is 11.9 Å². The van der Waals surface area contributed by atoms with Crippen molar-refractivity contribution in [3.63, 3.8) is 0 Å². The number of nitrogens with one attached hydrogen (secondary N) is 1. The normalized spacial score (nSPS) is 10.4. The van der Waals surface area contributed by atoms with E-state index in [9.17, 15) is 4.79 Å². The minimum atomic E-state index is 0.127. The summed E-state index contributed by atoms with van der Waals surface area (Å²) < 4.78 is 0. The number of hydrogen-bond acceptors (Lipinski definition) is 2. The van der Waals surface area contributed by atoms with E-state index in [0.717, 1.165) is 16.8 Å². The van der Waals surface area contributed by atoms with Crippen molar-refractivity contribution < 1.29 is 4.79 Å². The van der Waals surface area contributed by atoms with E-state index in [1.807, 2.05) is 38.1 Å². The molecule has 0 heterocycles. The number of hydrogen-bond donors (Lipinski definition) is 1. The number of aryl methyl sites for hydroxylation is 4. The van der Waals surface area contributed by atoms with Crippen molar-refractivity contribution in [1.29, 1.82) is 0 Å². The second-order valence-electron chi connectivity index (χ2n) is 5.41.